The fraction of sp³-hybridized carbons (Fsp3) is 0.368. The molecule has 144 valence electrons. The molecule has 4 nitrogen and oxygen atoms in total. The van der Waals surface area contributed by atoms with E-state index in [9.17, 15) is 37.4 Å². The Kier molecular flexibility index (Phi) is 4.40. The second-order valence-electron chi connectivity index (χ2n) is 7.00. The number of hydrogen-bond donors (Lipinski definition) is 2. The highest BCUT2D eigenvalue weighted by atomic mass is 19.4. The van der Waals surface area contributed by atoms with Gasteiger partial charge in [-0.05, 0) is 42.9 Å². The van der Waals surface area contributed by atoms with Crippen LogP contribution in [-0.4, -0.2) is 22.2 Å². The second-order valence-corrected chi connectivity index (χ2v) is 7.00. The molecule has 2 unspecified atom stereocenters. The van der Waals surface area contributed by atoms with Crippen LogP contribution in [0.1, 0.15) is 36.8 Å². The third kappa shape index (κ3) is 3.13. The smallest absolute Gasteiger partial charge is 0.419 e. The maximum atomic E-state index is 14.1. The van der Waals surface area contributed by atoms with Gasteiger partial charge in [-0.3, -0.25) is 4.79 Å². The van der Waals surface area contributed by atoms with Crippen LogP contribution in [0.15, 0.2) is 41.5 Å². The molecule has 0 heterocycles. The molecule has 0 bridgehead atoms. The Morgan fingerprint density at radius 3 is 2.30 bits per heavy atom. The lowest BCUT2D eigenvalue weighted by Crippen LogP contribution is -2.39. The topological polar surface area (TPSA) is 74.6 Å². The van der Waals surface area contributed by atoms with E-state index in [1.165, 1.54) is 12.2 Å². The predicted octanol–water partition coefficient (Wildman–Crippen LogP) is 4.38. The molecule has 1 saturated carbocycles. The largest absolute Gasteiger partial charge is 0.481 e. The standard InChI is InChI=1S/C19H16F4O4/c1-18(17(26)27)8-7-10(9-5-6-9)13(16(24)25)15(18)11-3-2-4-12(20)14(11)19(21,22)23/h2-4,7-9,15H,5-6H2,1H3,(H,24,25)(H,26,27). The van der Waals surface area contributed by atoms with Gasteiger partial charge in [0, 0.05) is 11.5 Å². The molecule has 27 heavy (non-hydrogen) atoms. The van der Waals surface area contributed by atoms with E-state index in [0.29, 0.717) is 24.5 Å². The average molecular weight is 384 g/mol. The molecule has 0 aliphatic heterocycles. The Morgan fingerprint density at radius 1 is 1.19 bits per heavy atom. The van der Waals surface area contributed by atoms with Gasteiger partial charge in [-0.15, -0.1) is 0 Å². The van der Waals surface area contributed by atoms with Crippen molar-refractivity contribution in [3.63, 3.8) is 0 Å². The summed E-state index contributed by atoms with van der Waals surface area (Å²) in [5.41, 5.74) is -4.40. The van der Waals surface area contributed by atoms with Crippen LogP contribution in [0.3, 0.4) is 0 Å². The van der Waals surface area contributed by atoms with E-state index in [1.54, 1.807) is 0 Å². The summed E-state index contributed by atoms with van der Waals surface area (Å²) in [6, 6.07) is 2.59. The van der Waals surface area contributed by atoms with Crippen molar-refractivity contribution >= 4 is 11.9 Å². The fourth-order valence-corrected chi connectivity index (χ4v) is 3.67. The molecule has 1 aromatic carbocycles. The molecule has 2 aliphatic carbocycles. The quantitative estimate of drug-likeness (QED) is 0.756. The van der Waals surface area contributed by atoms with Gasteiger partial charge in [-0.25, -0.2) is 9.18 Å². The van der Waals surface area contributed by atoms with E-state index in [0.717, 1.165) is 19.1 Å². The zero-order chi connectivity index (χ0) is 20.1. The summed E-state index contributed by atoms with van der Waals surface area (Å²) in [7, 11) is 0. The first-order valence-electron chi connectivity index (χ1n) is 8.24. The van der Waals surface area contributed by atoms with E-state index < -0.39 is 52.0 Å². The summed E-state index contributed by atoms with van der Waals surface area (Å²) < 4.78 is 54.7. The van der Waals surface area contributed by atoms with Gasteiger partial charge in [-0.1, -0.05) is 24.3 Å². The van der Waals surface area contributed by atoms with Crippen LogP contribution in [-0.2, 0) is 15.8 Å². The van der Waals surface area contributed by atoms with Crippen molar-refractivity contribution in [3.8, 4) is 0 Å². The Hall–Kier alpha value is -2.64. The molecule has 1 fully saturated rings. The minimum atomic E-state index is -5.11. The van der Waals surface area contributed by atoms with E-state index in [2.05, 4.69) is 0 Å². The summed E-state index contributed by atoms with van der Waals surface area (Å²) in [5.74, 6) is -6.39. The van der Waals surface area contributed by atoms with E-state index in [-0.39, 0.29) is 5.92 Å². The molecule has 0 spiro atoms. The molecule has 0 radical (unpaired) electrons. The summed E-state index contributed by atoms with van der Waals surface area (Å²) in [5, 5.41) is 19.4. The number of benzene rings is 1. The van der Waals surface area contributed by atoms with Gasteiger partial charge < -0.3 is 10.2 Å². The number of hydrogen-bond acceptors (Lipinski definition) is 2. The lowest BCUT2D eigenvalue weighted by atomic mass is 9.64. The zero-order valence-electron chi connectivity index (χ0n) is 14.2. The minimum absolute atomic E-state index is 0.143. The molecular weight excluding hydrogens is 368 g/mol. The van der Waals surface area contributed by atoms with Crippen molar-refractivity contribution in [3.05, 3.63) is 58.4 Å². The molecule has 0 amide bonds. The van der Waals surface area contributed by atoms with Gasteiger partial charge in [0.15, 0.2) is 0 Å². The molecule has 0 aromatic heterocycles. The highest BCUT2D eigenvalue weighted by molar-refractivity contribution is 5.94. The first kappa shape index (κ1) is 19.1. The van der Waals surface area contributed by atoms with Crippen molar-refractivity contribution < 1.29 is 37.4 Å². The number of halogens is 4. The Morgan fingerprint density at radius 2 is 1.81 bits per heavy atom. The lowest BCUT2D eigenvalue weighted by molar-refractivity contribution is -0.148. The van der Waals surface area contributed by atoms with Crippen molar-refractivity contribution in [2.45, 2.75) is 31.9 Å². The SMILES string of the molecule is CC1(C(=O)O)C=CC(C2CC2)=C(C(=O)O)C1c1cccc(F)c1C(F)(F)F. The number of alkyl halides is 3. The maximum Gasteiger partial charge on any atom is 0.419 e. The molecular formula is C19H16F4O4. The normalized spacial score (nSPS) is 25.6. The summed E-state index contributed by atoms with van der Waals surface area (Å²) in [6.07, 6.45) is -1.18. The van der Waals surface area contributed by atoms with Crippen LogP contribution in [0.25, 0.3) is 0 Å². The first-order chi connectivity index (χ1) is 12.5. The number of carboxylic acid groups (broad SMARTS) is 2. The summed E-state index contributed by atoms with van der Waals surface area (Å²) in [4.78, 5) is 23.9. The number of rotatable bonds is 4. The van der Waals surface area contributed by atoms with Crippen LogP contribution < -0.4 is 0 Å². The lowest BCUT2D eigenvalue weighted by Gasteiger charge is -2.37. The molecule has 0 saturated heterocycles. The van der Waals surface area contributed by atoms with Crippen molar-refractivity contribution in [1.82, 2.24) is 0 Å². The predicted molar refractivity (Wildman–Crippen MR) is 86.4 cm³/mol. The Balaban J connectivity index is 2.36. The van der Waals surface area contributed by atoms with Crippen molar-refractivity contribution in [2.24, 2.45) is 11.3 Å². The van der Waals surface area contributed by atoms with Crippen molar-refractivity contribution in [1.29, 1.82) is 0 Å². The van der Waals surface area contributed by atoms with Crippen LogP contribution in [0.2, 0.25) is 0 Å². The zero-order valence-corrected chi connectivity index (χ0v) is 14.2. The highest BCUT2D eigenvalue weighted by Crippen LogP contribution is 2.53. The Labute approximate surface area is 151 Å². The minimum Gasteiger partial charge on any atom is -0.481 e. The maximum absolute atomic E-state index is 14.1. The number of aliphatic carboxylic acids is 2. The second kappa shape index (κ2) is 6.21. The molecule has 1 aromatic rings. The van der Waals surface area contributed by atoms with Crippen LogP contribution in [0.4, 0.5) is 17.6 Å². The molecule has 3 rings (SSSR count). The van der Waals surface area contributed by atoms with Gasteiger partial charge in [0.1, 0.15) is 5.82 Å². The third-order valence-corrected chi connectivity index (χ3v) is 5.16. The number of allylic oxidation sites excluding steroid dienone is 2. The Bertz CT molecular complexity index is 880. The monoisotopic (exact) mass is 384 g/mol. The fourth-order valence-electron chi connectivity index (χ4n) is 3.67. The van der Waals surface area contributed by atoms with Crippen molar-refractivity contribution in [2.75, 3.05) is 0 Å². The van der Waals surface area contributed by atoms with Crippen LogP contribution >= 0.6 is 0 Å². The molecule has 2 atom stereocenters. The van der Waals surface area contributed by atoms with Crippen LogP contribution in [0, 0.1) is 17.2 Å². The van der Waals surface area contributed by atoms with Gasteiger partial charge in [-0.2, -0.15) is 13.2 Å². The van der Waals surface area contributed by atoms with Gasteiger partial charge in [0.2, 0.25) is 0 Å². The molecule has 2 N–H and O–H groups in total. The number of carboxylic acids is 2. The van der Waals surface area contributed by atoms with Gasteiger partial charge in [0.05, 0.1) is 11.0 Å². The van der Waals surface area contributed by atoms with E-state index in [4.69, 9.17) is 0 Å². The number of carbonyl (C=O) groups is 2. The first-order valence-corrected chi connectivity index (χ1v) is 8.24. The van der Waals surface area contributed by atoms with Gasteiger partial charge >= 0.3 is 18.1 Å². The van der Waals surface area contributed by atoms with E-state index in [1.807, 2.05) is 0 Å². The molecule has 2 aliphatic rings. The van der Waals surface area contributed by atoms with Crippen LogP contribution in [0.5, 0.6) is 0 Å². The van der Waals surface area contributed by atoms with Gasteiger partial charge in [0.25, 0.3) is 0 Å². The molecule has 8 heteroatoms. The highest BCUT2D eigenvalue weighted by Gasteiger charge is 2.52. The third-order valence-electron chi connectivity index (χ3n) is 5.16. The summed E-state index contributed by atoms with van der Waals surface area (Å²) in [6.45, 7) is 1.15. The average Bonchev–Trinajstić information content (AvgIpc) is 3.37. The summed E-state index contributed by atoms with van der Waals surface area (Å²) >= 11 is 0. The van der Waals surface area contributed by atoms with E-state index >= 15 is 0 Å².